The van der Waals surface area contributed by atoms with Gasteiger partial charge in [0.1, 0.15) is 5.56 Å². The summed E-state index contributed by atoms with van der Waals surface area (Å²) in [6.45, 7) is 5.77. The maximum atomic E-state index is 13.8. The predicted molar refractivity (Wildman–Crippen MR) is 112 cm³/mol. The van der Waals surface area contributed by atoms with E-state index in [0.717, 1.165) is 34.8 Å². The van der Waals surface area contributed by atoms with E-state index in [1.165, 1.54) is 0 Å². The highest BCUT2D eigenvalue weighted by molar-refractivity contribution is 5.99. The van der Waals surface area contributed by atoms with Crippen molar-refractivity contribution in [2.24, 2.45) is 7.05 Å². The van der Waals surface area contributed by atoms with E-state index < -0.39 is 17.8 Å². The molecule has 0 fully saturated rings. The molecule has 4 aromatic rings. The van der Waals surface area contributed by atoms with E-state index in [1.54, 1.807) is 36.0 Å². The third kappa shape index (κ3) is 3.83. The van der Waals surface area contributed by atoms with Crippen molar-refractivity contribution in [3.8, 4) is 11.3 Å². The van der Waals surface area contributed by atoms with Crippen LogP contribution in [0.5, 0.6) is 0 Å². The number of hydrogen-bond donors (Lipinski definition) is 1. The Morgan fingerprint density at radius 2 is 1.81 bits per heavy atom. The van der Waals surface area contributed by atoms with Crippen LogP contribution in [0.1, 0.15) is 38.6 Å². The molecule has 0 aliphatic heterocycles. The van der Waals surface area contributed by atoms with Crippen LogP contribution in [0, 0.1) is 20.8 Å². The minimum Gasteiger partial charge on any atom is -0.348 e. The van der Waals surface area contributed by atoms with Gasteiger partial charge in [0.25, 0.3) is 5.91 Å². The number of fused-ring (bicyclic) bond motifs is 1. The normalized spacial score (nSPS) is 11.8. The molecule has 1 N–H and O–H groups in total. The van der Waals surface area contributed by atoms with Gasteiger partial charge in [-0.25, -0.2) is 9.50 Å². The van der Waals surface area contributed by atoms with Gasteiger partial charge in [0.15, 0.2) is 11.3 Å². The minimum absolute atomic E-state index is 0.0383. The van der Waals surface area contributed by atoms with Gasteiger partial charge in [-0.2, -0.15) is 23.4 Å². The molecule has 166 valence electrons. The second kappa shape index (κ2) is 7.77. The molecule has 0 atom stereocenters. The first-order chi connectivity index (χ1) is 15.1. The van der Waals surface area contributed by atoms with E-state index in [2.05, 4.69) is 20.5 Å². The molecule has 1 amide bonds. The molecule has 0 saturated heterocycles. The number of carbonyl (C=O) groups is 1. The molecule has 0 aliphatic carbocycles. The second-order valence-corrected chi connectivity index (χ2v) is 7.64. The molecule has 0 spiro atoms. The predicted octanol–water partition coefficient (Wildman–Crippen LogP) is 4.00. The molecule has 0 bridgehead atoms. The molecular weight excluding hydrogens is 421 g/mol. The Morgan fingerprint density at radius 1 is 1.12 bits per heavy atom. The van der Waals surface area contributed by atoms with Gasteiger partial charge in [-0.1, -0.05) is 29.8 Å². The topological polar surface area (TPSA) is 77.1 Å². The lowest BCUT2D eigenvalue weighted by atomic mass is 10.1. The number of nitrogens with one attached hydrogen (secondary N) is 1. The molecule has 3 heterocycles. The summed E-state index contributed by atoms with van der Waals surface area (Å²) in [5.41, 5.74) is 2.90. The Labute approximate surface area is 181 Å². The van der Waals surface area contributed by atoms with Gasteiger partial charge in [-0.3, -0.25) is 9.48 Å². The molecular formula is C22H21F3N6O. The van der Waals surface area contributed by atoms with Crippen molar-refractivity contribution >= 4 is 11.6 Å². The number of benzene rings is 1. The fourth-order valence-corrected chi connectivity index (χ4v) is 3.53. The second-order valence-electron chi connectivity index (χ2n) is 7.64. The number of hydrogen-bond acceptors (Lipinski definition) is 4. The smallest absolute Gasteiger partial charge is 0.348 e. The highest BCUT2D eigenvalue weighted by Crippen LogP contribution is 2.32. The fraction of sp³-hybridized carbons (Fsp3) is 0.273. The lowest BCUT2D eigenvalue weighted by molar-refractivity contribution is -0.142. The van der Waals surface area contributed by atoms with Crippen molar-refractivity contribution in [3.05, 3.63) is 70.3 Å². The van der Waals surface area contributed by atoms with Gasteiger partial charge >= 0.3 is 6.18 Å². The number of aromatic nitrogens is 5. The molecule has 1 aromatic carbocycles. The van der Waals surface area contributed by atoms with Crippen molar-refractivity contribution in [2.45, 2.75) is 33.5 Å². The first-order valence-corrected chi connectivity index (χ1v) is 9.86. The monoisotopic (exact) mass is 442 g/mol. The summed E-state index contributed by atoms with van der Waals surface area (Å²) in [4.78, 5) is 17.2. The first kappa shape index (κ1) is 21.5. The van der Waals surface area contributed by atoms with Crippen LogP contribution in [0.25, 0.3) is 16.9 Å². The Morgan fingerprint density at radius 3 is 2.41 bits per heavy atom. The summed E-state index contributed by atoms with van der Waals surface area (Å²) < 4.78 is 43.6. The molecule has 32 heavy (non-hydrogen) atoms. The molecule has 0 saturated carbocycles. The van der Waals surface area contributed by atoms with Crippen LogP contribution in [-0.4, -0.2) is 30.3 Å². The van der Waals surface area contributed by atoms with Gasteiger partial charge in [0.05, 0.1) is 17.6 Å². The highest BCUT2D eigenvalue weighted by atomic mass is 19.4. The van der Waals surface area contributed by atoms with Crippen LogP contribution in [0.3, 0.4) is 0 Å². The van der Waals surface area contributed by atoms with Crippen LogP contribution < -0.4 is 5.32 Å². The van der Waals surface area contributed by atoms with Crippen LogP contribution in [0.4, 0.5) is 13.2 Å². The van der Waals surface area contributed by atoms with E-state index in [4.69, 9.17) is 0 Å². The summed E-state index contributed by atoms with van der Waals surface area (Å²) in [7, 11) is 1.80. The number of alkyl halides is 3. The first-order valence-electron chi connectivity index (χ1n) is 9.86. The summed E-state index contributed by atoms with van der Waals surface area (Å²) in [6, 6.07) is 7.90. The van der Waals surface area contributed by atoms with Crippen molar-refractivity contribution in [3.63, 3.8) is 0 Å². The van der Waals surface area contributed by atoms with Crippen LogP contribution in [0.15, 0.2) is 36.5 Å². The largest absolute Gasteiger partial charge is 0.433 e. The maximum absolute atomic E-state index is 13.8. The number of carbonyl (C=O) groups excluding carboxylic acids is 1. The summed E-state index contributed by atoms with van der Waals surface area (Å²) in [5.74, 6) is -0.565. The molecule has 3 aromatic heterocycles. The standard InChI is InChI=1S/C22H21F3N6O/c1-12-5-7-15(8-6-12)18-9-19(22(23,24)25)31-20(28-18)17(11-27-31)21(32)26-10-16-13(2)29-30(4)14(16)3/h5-9,11H,10H2,1-4H3,(H,26,32). The van der Waals surface area contributed by atoms with Gasteiger partial charge in [0, 0.05) is 30.4 Å². The third-order valence-electron chi connectivity index (χ3n) is 5.44. The van der Waals surface area contributed by atoms with Crippen molar-refractivity contribution in [2.75, 3.05) is 0 Å². The minimum atomic E-state index is -4.68. The lowest BCUT2D eigenvalue weighted by Gasteiger charge is -2.12. The van der Waals surface area contributed by atoms with Gasteiger partial charge in [0.2, 0.25) is 0 Å². The molecule has 4 rings (SSSR count). The number of halogens is 3. The summed E-state index contributed by atoms with van der Waals surface area (Å²) >= 11 is 0. The number of nitrogens with zero attached hydrogens (tertiary/aromatic N) is 5. The maximum Gasteiger partial charge on any atom is 0.433 e. The zero-order chi connectivity index (χ0) is 23.2. The van der Waals surface area contributed by atoms with Crippen LogP contribution >= 0.6 is 0 Å². The number of rotatable bonds is 4. The van der Waals surface area contributed by atoms with E-state index >= 15 is 0 Å². The molecule has 0 unspecified atom stereocenters. The molecule has 0 radical (unpaired) electrons. The van der Waals surface area contributed by atoms with Crippen LogP contribution in [-0.2, 0) is 19.8 Å². The van der Waals surface area contributed by atoms with Gasteiger partial charge < -0.3 is 5.32 Å². The zero-order valence-corrected chi connectivity index (χ0v) is 17.9. The fourth-order valence-electron chi connectivity index (χ4n) is 3.53. The van der Waals surface area contributed by atoms with E-state index in [-0.39, 0.29) is 23.4 Å². The van der Waals surface area contributed by atoms with Crippen LogP contribution in [0.2, 0.25) is 0 Å². The summed E-state index contributed by atoms with van der Waals surface area (Å²) in [6.07, 6.45) is -3.57. The zero-order valence-electron chi connectivity index (χ0n) is 17.9. The lowest BCUT2D eigenvalue weighted by Crippen LogP contribution is -2.23. The van der Waals surface area contributed by atoms with E-state index in [0.29, 0.717) is 10.1 Å². The molecule has 7 nitrogen and oxygen atoms in total. The Kier molecular flexibility index (Phi) is 5.23. The number of amides is 1. The Balaban J connectivity index is 1.75. The Hall–Kier alpha value is -3.69. The average Bonchev–Trinajstić information content (AvgIpc) is 3.26. The molecule has 0 aliphatic rings. The SMILES string of the molecule is Cc1ccc(-c2cc(C(F)(F)F)n3ncc(C(=O)NCc4c(C)nn(C)c4C)c3n2)cc1. The summed E-state index contributed by atoms with van der Waals surface area (Å²) in [5, 5.41) is 10.9. The van der Waals surface area contributed by atoms with Crippen molar-refractivity contribution < 1.29 is 18.0 Å². The van der Waals surface area contributed by atoms with Gasteiger partial charge in [-0.15, -0.1) is 0 Å². The van der Waals surface area contributed by atoms with Gasteiger partial charge in [-0.05, 0) is 26.8 Å². The van der Waals surface area contributed by atoms with E-state index in [1.807, 2.05) is 20.8 Å². The van der Waals surface area contributed by atoms with E-state index in [9.17, 15) is 18.0 Å². The van der Waals surface area contributed by atoms with Crippen molar-refractivity contribution in [1.29, 1.82) is 0 Å². The average molecular weight is 442 g/mol. The number of aryl methyl sites for hydroxylation is 3. The molecule has 10 heteroatoms. The third-order valence-corrected chi connectivity index (χ3v) is 5.44. The quantitative estimate of drug-likeness (QED) is 0.518. The Bertz CT molecular complexity index is 1320. The van der Waals surface area contributed by atoms with Crippen molar-refractivity contribution in [1.82, 2.24) is 29.7 Å². The highest BCUT2D eigenvalue weighted by Gasteiger charge is 2.36.